The lowest BCUT2D eigenvalue weighted by molar-refractivity contribution is -0.121. The lowest BCUT2D eigenvalue weighted by Gasteiger charge is -2.04. The number of hydrazine groups is 1. The first-order chi connectivity index (χ1) is 6.74. The molecule has 0 radical (unpaired) electrons. The number of nitrogens with one attached hydrogen (secondary N) is 1. The number of nitrogens with two attached hydrogens (primary N) is 1. The van der Waals surface area contributed by atoms with Crippen LogP contribution >= 0.6 is 22.6 Å². The average Bonchev–Trinajstić information content (AvgIpc) is 2.56. The van der Waals surface area contributed by atoms with Crippen LogP contribution in [0, 0.1) is 0 Å². The Bertz CT molecular complexity index is 497. The second-order valence-corrected chi connectivity index (χ2v) is 4.07. The molecular weight excluding hydrogens is 293 g/mol. The van der Waals surface area contributed by atoms with Crippen LogP contribution < -0.4 is 21.8 Å². The molecule has 5 heteroatoms. The van der Waals surface area contributed by atoms with E-state index < -0.39 is 6.04 Å². The number of hydrogen-bond acceptors (Lipinski definition) is 3. The molecule has 4 nitrogen and oxygen atoms in total. The molecule has 0 unspecified atom stereocenters. The maximum absolute atomic E-state index is 11.3. The van der Waals surface area contributed by atoms with Crippen molar-refractivity contribution in [3.63, 3.8) is 0 Å². The van der Waals surface area contributed by atoms with Crippen LogP contribution in [0.1, 0.15) is 0 Å². The second kappa shape index (κ2) is 3.66. The number of halogens is 1. The van der Waals surface area contributed by atoms with Gasteiger partial charge >= 0.3 is 0 Å². The van der Waals surface area contributed by atoms with Crippen LogP contribution in [0.3, 0.4) is 0 Å². The smallest absolute Gasteiger partial charge is 0.263 e. The molecule has 1 amide bonds. The fraction of sp³-hybridized carbons (Fsp3) is 0.111. The first kappa shape index (κ1) is 9.60. The predicted molar refractivity (Wildman–Crippen MR) is 60.8 cm³/mol. The van der Waals surface area contributed by atoms with Gasteiger partial charge in [-0.2, -0.15) is 0 Å². The van der Waals surface area contributed by atoms with Crippen molar-refractivity contribution in [2.45, 2.75) is 6.04 Å². The summed E-state index contributed by atoms with van der Waals surface area (Å²) >= 11 is 2.13. The highest BCUT2D eigenvalue weighted by Gasteiger charge is 2.23. The van der Waals surface area contributed by atoms with Crippen molar-refractivity contribution in [3.05, 3.63) is 34.8 Å². The molecule has 0 aromatic heterocycles. The van der Waals surface area contributed by atoms with Crippen molar-refractivity contribution in [1.82, 2.24) is 5.43 Å². The minimum Gasteiger partial charge on any atom is -0.292 e. The quantitative estimate of drug-likeness (QED) is 0.309. The van der Waals surface area contributed by atoms with Crippen LogP contribution in [0.2, 0.25) is 0 Å². The van der Waals surface area contributed by atoms with Crippen LogP contribution in [0.25, 0.3) is 3.58 Å². The third kappa shape index (κ3) is 1.42. The van der Waals surface area contributed by atoms with Crippen LogP contribution in [0.4, 0.5) is 0 Å². The van der Waals surface area contributed by atoms with Crippen molar-refractivity contribution in [2.24, 2.45) is 10.8 Å². The van der Waals surface area contributed by atoms with Crippen molar-refractivity contribution in [2.75, 3.05) is 0 Å². The van der Waals surface area contributed by atoms with E-state index in [1.807, 2.05) is 24.3 Å². The molecule has 72 valence electrons. The van der Waals surface area contributed by atoms with Crippen LogP contribution in [-0.4, -0.2) is 11.9 Å². The zero-order chi connectivity index (χ0) is 10.1. The van der Waals surface area contributed by atoms with E-state index in [1.54, 1.807) is 0 Å². The summed E-state index contributed by atoms with van der Waals surface area (Å²) in [4.78, 5) is 15.6. The van der Waals surface area contributed by atoms with Gasteiger partial charge in [0.25, 0.3) is 5.91 Å². The van der Waals surface area contributed by atoms with Crippen molar-refractivity contribution in [1.29, 1.82) is 0 Å². The summed E-state index contributed by atoms with van der Waals surface area (Å²) in [5.74, 6) is 4.80. The Morgan fingerprint density at radius 2 is 2.21 bits per heavy atom. The van der Waals surface area contributed by atoms with Crippen LogP contribution in [0.15, 0.2) is 29.3 Å². The number of benzene rings is 1. The Balaban J connectivity index is 2.59. The first-order valence-electron chi connectivity index (χ1n) is 4.07. The number of rotatable bonds is 1. The number of carbonyl (C=O) groups excluding carboxylic acids is 1. The third-order valence-electron chi connectivity index (χ3n) is 2.06. The van der Waals surface area contributed by atoms with Gasteiger partial charge in [-0.1, -0.05) is 18.2 Å². The Morgan fingerprint density at radius 3 is 2.86 bits per heavy atom. The molecule has 1 aliphatic heterocycles. The lowest BCUT2D eigenvalue weighted by Crippen LogP contribution is -2.37. The van der Waals surface area contributed by atoms with Crippen molar-refractivity contribution < 1.29 is 4.79 Å². The minimum atomic E-state index is -0.474. The average molecular weight is 301 g/mol. The summed E-state index contributed by atoms with van der Waals surface area (Å²) in [6, 6.07) is 7.19. The molecule has 0 fully saturated rings. The van der Waals surface area contributed by atoms with Gasteiger partial charge in [0.1, 0.15) is 0 Å². The summed E-state index contributed by atoms with van der Waals surface area (Å²) in [7, 11) is 0. The molecule has 14 heavy (non-hydrogen) atoms. The largest absolute Gasteiger partial charge is 0.292 e. The fourth-order valence-electron chi connectivity index (χ4n) is 1.38. The highest BCUT2D eigenvalue weighted by Crippen LogP contribution is 2.16. The highest BCUT2D eigenvalue weighted by molar-refractivity contribution is 14.1. The number of fused-ring (bicyclic) bond motifs is 1. The summed E-state index contributed by atoms with van der Waals surface area (Å²) in [5.41, 5.74) is 2.11. The van der Waals surface area contributed by atoms with Gasteiger partial charge < -0.3 is 0 Å². The Morgan fingerprint density at radius 1 is 1.50 bits per heavy atom. The Hall–Kier alpha value is -0.950. The van der Waals surface area contributed by atoms with Crippen molar-refractivity contribution in [3.8, 4) is 0 Å². The highest BCUT2D eigenvalue weighted by atomic mass is 127. The van der Waals surface area contributed by atoms with E-state index in [4.69, 9.17) is 5.84 Å². The molecule has 0 spiro atoms. The van der Waals surface area contributed by atoms with Gasteiger partial charge in [-0.25, -0.2) is 5.84 Å². The van der Waals surface area contributed by atoms with Crippen LogP contribution in [-0.2, 0) is 4.79 Å². The molecule has 0 aliphatic carbocycles. The van der Waals surface area contributed by atoms with Gasteiger partial charge in [0, 0.05) is 8.80 Å². The molecule has 0 saturated carbocycles. The van der Waals surface area contributed by atoms with E-state index in [1.165, 1.54) is 0 Å². The zero-order valence-corrected chi connectivity index (χ0v) is 9.36. The number of para-hydroxylation sites is 1. The first-order valence-corrected chi connectivity index (χ1v) is 5.15. The normalized spacial score (nSPS) is 18.7. The maximum Gasteiger partial charge on any atom is 0.263 e. The molecule has 1 aromatic carbocycles. The summed E-state index contributed by atoms with van der Waals surface area (Å²) in [6.45, 7) is 0. The fourth-order valence-corrected chi connectivity index (χ4v) is 2.26. The van der Waals surface area contributed by atoms with E-state index in [0.717, 1.165) is 14.2 Å². The minimum absolute atomic E-state index is 0.273. The zero-order valence-electron chi connectivity index (χ0n) is 7.20. The van der Waals surface area contributed by atoms with Gasteiger partial charge in [0.05, 0.1) is 5.36 Å². The van der Waals surface area contributed by atoms with E-state index >= 15 is 0 Å². The summed E-state index contributed by atoms with van der Waals surface area (Å²) in [6.07, 6.45) is 0. The standard InChI is InChI=1S/C9H8IN3O/c10-7-5-3-1-2-4-6(5)12-8(7)9(14)13-11/h1-4,8H,11H2,(H,13,14)/t8-/m1/s1. The number of nitrogens with zero attached hydrogens (tertiary/aromatic N) is 1. The molecule has 0 saturated heterocycles. The predicted octanol–water partition coefficient (Wildman–Crippen LogP) is -0.778. The molecule has 3 N–H and O–H groups in total. The second-order valence-electron chi connectivity index (χ2n) is 2.91. The molecule has 1 heterocycles. The van der Waals surface area contributed by atoms with E-state index in [2.05, 4.69) is 33.0 Å². The van der Waals surface area contributed by atoms with Gasteiger partial charge in [0.15, 0.2) is 6.04 Å². The molecule has 2 rings (SSSR count). The topological polar surface area (TPSA) is 67.5 Å². The SMILES string of the molecule is NNC(=O)[C@@H]1N=c2ccccc2=C1I. The van der Waals surface area contributed by atoms with E-state index in [0.29, 0.717) is 0 Å². The van der Waals surface area contributed by atoms with Crippen LogP contribution in [0.5, 0.6) is 0 Å². The number of amides is 1. The maximum atomic E-state index is 11.3. The number of hydrogen-bond donors (Lipinski definition) is 2. The van der Waals surface area contributed by atoms with Gasteiger partial charge in [-0.05, 0) is 28.7 Å². The van der Waals surface area contributed by atoms with E-state index in [-0.39, 0.29) is 5.91 Å². The number of carbonyl (C=O) groups is 1. The monoisotopic (exact) mass is 301 g/mol. The van der Waals surface area contributed by atoms with Crippen molar-refractivity contribution >= 4 is 32.1 Å². The summed E-state index contributed by atoms with van der Waals surface area (Å²) in [5, 5.41) is 1.87. The lowest BCUT2D eigenvalue weighted by atomic mass is 10.2. The van der Waals surface area contributed by atoms with Gasteiger partial charge in [0.2, 0.25) is 0 Å². The Labute approximate surface area is 94.0 Å². The summed E-state index contributed by atoms with van der Waals surface area (Å²) < 4.78 is 0.918. The third-order valence-corrected chi connectivity index (χ3v) is 3.23. The molecular formula is C9H8IN3O. The van der Waals surface area contributed by atoms with Gasteiger partial charge in [-0.3, -0.25) is 15.2 Å². The van der Waals surface area contributed by atoms with E-state index in [9.17, 15) is 4.79 Å². The Kier molecular flexibility index (Phi) is 2.51. The van der Waals surface area contributed by atoms with Gasteiger partial charge in [-0.15, -0.1) is 0 Å². The molecule has 1 atom stereocenters. The molecule has 1 aromatic rings. The molecule has 1 aliphatic rings. The molecule has 0 bridgehead atoms.